The molecule has 16 aromatic rings. The Morgan fingerprint density at radius 3 is 0.556 bits per heavy atom. The summed E-state index contributed by atoms with van der Waals surface area (Å²) in [5.41, 5.74) is 26.0. The Bertz CT molecular complexity index is 6340. The lowest BCUT2D eigenvalue weighted by atomic mass is 9.74. The van der Waals surface area contributed by atoms with Crippen LogP contribution in [0.2, 0.25) is 0 Å². The molecule has 736 valence electrons. The van der Waals surface area contributed by atoms with Crippen LogP contribution in [0.4, 0.5) is 39.5 Å². The van der Waals surface area contributed by atoms with Gasteiger partial charge in [-0.2, -0.15) is 39.5 Å². The molecule has 0 heterocycles. The number of ketones is 2. The fourth-order valence-electron chi connectivity index (χ4n) is 15.2. The molecule has 0 saturated heterocycles. The van der Waals surface area contributed by atoms with Crippen molar-refractivity contribution in [3.8, 4) is 34.1 Å². The van der Waals surface area contributed by atoms with E-state index in [1.165, 1.54) is 98.7 Å². The summed E-state index contributed by atoms with van der Waals surface area (Å²) in [6, 6.07) is 109. The number of hydrogen-bond donors (Lipinski definition) is 0. The molecule has 16 rings (SSSR count). The molecular formula is C129H133F9O4. The number of hydrogen-bond acceptors (Lipinski definition) is 4. The number of benzene rings is 16. The molecule has 0 bridgehead atoms. The highest BCUT2D eigenvalue weighted by Gasteiger charge is 2.56. The van der Waals surface area contributed by atoms with Crippen molar-refractivity contribution < 1.29 is 58.6 Å². The zero-order valence-corrected chi connectivity index (χ0v) is 86.5. The quantitative estimate of drug-likeness (QED) is 0.0758. The monoisotopic (exact) mass is 1920 g/mol. The van der Waals surface area contributed by atoms with Crippen LogP contribution in [0.5, 0.6) is 23.0 Å². The summed E-state index contributed by atoms with van der Waals surface area (Å²) >= 11 is 0. The number of carbonyl (C=O) groups excluding carboxylic acids is 2. The van der Waals surface area contributed by atoms with E-state index >= 15 is 0 Å². The smallest absolute Gasteiger partial charge is 0.402 e. The minimum Gasteiger partial charge on any atom is -0.457 e. The van der Waals surface area contributed by atoms with Gasteiger partial charge in [0, 0.05) is 22.3 Å². The topological polar surface area (TPSA) is 52.6 Å². The predicted octanol–water partition coefficient (Wildman–Crippen LogP) is 36.6. The van der Waals surface area contributed by atoms with Crippen LogP contribution in [0.25, 0.3) is 11.1 Å². The molecule has 0 atom stereocenters. The molecule has 0 N–H and O–H groups in total. The van der Waals surface area contributed by atoms with E-state index < -0.39 is 34.8 Å². The Morgan fingerprint density at radius 2 is 0.331 bits per heavy atom. The number of rotatable bonds is 15. The van der Waals surface area contributed by atoms with Crippen molar-refractivity contribution in [2.24, 2.45) is 0 Å². The molecule has 0 saturated carbocycles. The second kappa shape index (κ2) is 49.3. The first kappa shape index (κ1) is 111. The van der Waals surface area contributed by atoms with E-state index in [2.05, 4.69) is 142 Å². The zero-order valence-electron chi connectivity index (χ0n) is 86.5. The van der Waals surface area contributed by atoms with Gasteiger partial charge in [-0.1, -0.05) is 347 Å². The molecule has 0 aliphatic heterocycles. The van der Waals surface area contributed by atoms with Gasteiger partial charge in [0.1, 0.15) is 39.2 Å². The van der Waals surface area contributed by atoms with Crippen LogP contribution in [0.3, 0.4) is 0 Å². The summed E-state index contributed by atoms with van der Waals surface area (Å²) in [6.07, 6.45) is -13.1. The fourth-order valence-corrected chi connectivity index (χ4v) is 15.2. The van der Waals surface area contributed by atoms with Crippen molar-refractivity contribution >= 4 is 11.6 Å². The summed E-state index contributed by atoms with van der Waals surface area (Å²) in [5, 5.41) is 0. The molecule has 0 aliphatic carbocycles. The van der Waals surface area contributed by atoms with Gasteiger partial charge in [0.2, 0.25) is 0 Å². The first-order chi connectivity index (χ1) is 66.8. The SMILES string of the molecule is Cc1ccc(-c2ccc(C)cc2)cc1.Cc1ccc(C(=O)c2ccc(C)c(C)c2)cc1C.Cc1ccc(C(=O)c2ccc(C)cc2)cc1.Cc1ccc(C(C)(c2ccc(C)c(C)c2)C(F)(F)F)cc1C.Cc1ccc(C(C)(c2ccc(C)cc2)C(F)(F)F)cc1.Cc1ccc(C(C)(c2ccc(C)cc2)C(F)(F)F)cc1.Cc1ccc(Oc2ccc(C)c(C)c2)cc1C.Cc1ccc(Oc2ccc(C)cc2)cc1. The summed E-state index contributed by atoms with van der Waals surface area (Å²) in [7, 11) is 0. The number of halogens is 9. The molecule has 0 aliphatic rings. The Kier molecular flexibility index (Phi) is 38.7. The standard InChI is InChI=1S/C19H21F3.2C17H17F3.C17H18O.C16H18O.C15H14O.C14H14O.C14H14/c1-12-6-8-16(10-14(12)3)18(5,19(20,21)22)17-9-7-13(2)15(4)11-17;2*1-12-4-8-14(9-5-12)16(3,17(18,19)20)15-10-6-13(2)7-11-15;1-11-5-7-15(9-13(11)3)17(18)16-8-6-12(2)14(4)10-16;1-11-5-7-15(9-13(11)3)17-16-8-6-12(2)14(4)10-16;1-11-3-7-13(8-4-11)15(16)14-9-5-12(2)6-10-14;1-11-3-7-13(8-4-11)15-14-9-5-12(2)6-10-14;1-11-3-7-13(8-4-11)14-9-5-12(2)6-10-14/h6-11H,1-5H3;2*4-11H,1-3H3;5-10H,1-4H3;5-10H,1-4H3;3-10H,1-2H3;3-10H,1-2H3;3-10H,1-2H3. The van der Waals surface area contributed by atoms with Gasteiger partial charge in [0.25, 0.3) is 0 Å². The van der Waals surface area contributed by atoms with Gasteiger partial charge in [-0.25, -0.2) is 0 Å². The number of carbonyl (C=O) groups is 2. The summed E-state index contributed by atoms with van der Waals surface area (Å²) in [4.78, 5) is 24.4. The number of alkyl halides is 9. The average Bonchev–Trinajstić information content (AvgIpc) is 0.761. The van der Waals surface area contributed by atoms with Crippen molar-refractivity contribution in [1.29, 1.82) is 0 Å². The minimum absolute atomic E-state index is 0.0833. The maximum Gasteiger partial charge on any atom is 0.402 e. The average molecular weight is 1920 g/mol. The fraction of sp³-hybridized carbons (Fsp3) is 0.240. The minimum atomic E-state index is -4.36. The van der Waals surface area contributed by atoms with Crippen molar-refractivity contribution in [3.05, 3.63) is 530 Å². The van der Waals surface area contributed by atoms with E-state index in [1.807, 2.05) is 229 Å². The molecule has 0 amide bonds. The summed E-state index contributed by atoms with van der Waals surface area (Å²) < 4.78 is 135. The van der Waals surface area contributed by atoms with Gasteiger partial charge in [0.15, 0.2) is 11.6 Å². The Hall–Kier alpha value is -14.2. The van der Waals surface area contributed by atoms with Crippen molar-refractivity contribution in [2.75, 3.05) is 0 Å². The van der Waals surface area contributed by atoms with E-state index in [4.69, 9.17) is 9.47 Å². The highest BCUT2D eigenvalue weighted by molar-refractivity contribution is 6.09. The molecular weight excluding hydrogens is 1780 g/mol. The van der Waals surface area contributed by atoms with Crippen LogP contribution < -0.4 is 9.47 Å². The van der Waals surface area contributed by atoms with Gasteiger partial charge in [-0.3, -0.25) is 9.59 Å². The first-order valence-corrected chi connectivity index (χ1v) is 47.6. The molecule has 0 unspecified atom stereocenters. The van der Waals surface area contributed by atoms with Crippen molar-refractivity contribution in [2.45, 2.75) is 208 Å². The Balaban J connectivity index is 0.000000182. The molecule has 0 radical (unpaired) electrons. The van der Waals surface area contributed by atoms with E-state index in [0.717, 1.165) is 101 Å². The zero-order chi connectivity index (χ0) is 105. The van der Waals surface area contributed by atoms with Crippen LogP contribution in [0, 0.1) is 152 Å². The van der Waals surface area contributed by atoms with Gasteiger partial charge in [0.05, 0.1) is 0 Å². The second-order valence-electron chi connectivity index (χ2n) is 38.0. The molecule has 0 spiro atoms. The first-order valence-electron chi connectivity index (χ1n) is 47.6. The van der Waals surface area contributed by atoms with E-state index in [1.54, 1.807) is 133 Å². The molecule has 16 aromatic carbocycles. The number of ether oxygens (including phenoxy) is 2. The normalized spacial score (nSPS) is 11.2. The van der Waals surface area contributed by atoms with Gasteiger partial charge < -0.3 is 9.47 Å². The van der Waals surface area contributed by atoms with Crippen molar-refractivity contribution in [1.82, 2.24) is 0 Å². The van der Waals surface area contributed by atoms with Crippen molar-refractivity contribution in [3.63, 3.8) is 0 Å². The lowest BCUT2D eigenvalue weighted by Crippen LogP contribution is -2.40. The molecule has 0 fully saturated rings. The van der Waals surface area contributed by atoms with E-state index in [0.29, 0.717) is 0 Å². The third kappa shape index (κ3) is 30.2. The van der Waals surface area contributed by atoms with Gasteiger partial charge in [-0.05, 0) is 345 Å². The van der Waals surface area contributed by atoms with Crippen LogP contribution in [-0.2, 0) is 16.2 Å². The third-order valence-corrected chi connectivity index (χ3v) is 26.5. The number of aryl methyl sites for hydroxylation is 22. The maximum atomic E-state index is 13.9. The highest BCUT2D eigenvalue weighted by Crippen LogP contribution is 2.50. The van der Waals surface area contributed by atoms with Crippen LogP contribution in [-0.4, -0.2) is 30.1 Å². The molecule has 0 aromatic heterocycles. The third-order valence-electron chi connectivity index (χ3n) is 26.5. The lowest BCUT2D eigenvalue weighted by molar-refractivity contribution is -0.173. The van der Waals surface area contributed by atoms with Crippen LogP contribution >= 0.6 is 0 Å². The van der Waals surface area contributed by atoms with Crippen LogP contribution in [0.15, 0.2) is 352 Å². The van der Waals surface area contributed by atoms with Crippen LogP contribution in [0.1, 0.15) is 208 Å². The van der Waals surface area contributed by atoms with Gasteiger partial charge in [-0.15, -0.1) is 0 Å². The second-order valence-corrected chi connectivity index (χ2v) is 38.0. The summed E-state index contributed by atoms with van der Waals surface area (Å²) in [5.74, 6) is 3.74. The lowest BCUT2D eigenvalue weighted by Gasteiger charge is -2.34. The maximum absolute atomic E-state index is 13.9. The molecule has 142 heavy (non-hydrogen) atoms. The Labute approximate surface area is 836 Å². The Morgan fingerprint density at radius 1 is 0.169 bits per heavy atom. The molecule has 13 heteroatoms. The predicted molar refractivity (Wildman–Crippen MR) is 571 cm³/mol. The largest absolute Gasteiger partial charge is 0.457 e. The van der Waals surface area contributed by atoms with E-state index in [-0.39, 0.29) is 44.9 Å². The molecule has 4 nitrogen and oxygen atoms in total. The summed E-state index contributed by atoms with van der Waals surface area (Å²) in [6.45, 7) is 47.7. The van der Waals surface area contributed by atoms with Gasteiger partial charge >= 0.3 is 18.5 Å². The highest BCUT2D eigenvalue weighted by atomic mass is 19.4. The van der Waals surface area contributed by atoms with E-state index in [9.17, 15) is 49.1 Å².